The van der Waals surface area contributed by atoms with Gasteiger partial charge in [-0.3, -0.25) is 4.21 Å². The Morgan fingerprint density at radius 2 is 1.20 bits per heavy atom. The van der Waals surface area contributed by atoms with Gasteiger partial charge in [-0.05, 0) is 92.8 Å². The fraction of sp³-hybridized carbons (Fsp3) is 0.394. The first kappa shape index (κ1) is 29.5. The Bertz CT molecular complexity index is 1450. The Balaban J connectivity index is 2.05. The molecule has 1 aliphatic heterocycles. The molecule has 0 fully saturated rings. The zero-order chi connectivity index (χ0) is 29.6. The second-order valence-electron chi connectivity index (χ2n) is 12.1. The fourth-order valence-corrected chi connectivity index (χ4v) is 6.82. The van der Waals surface area contributed by atoms with Gasteiger partial charge in [-0.2, -0.15) is 0 Å². The Morgan fingerprint density at radius 3 is 1.70 bits per heavy atom. The van der Waals surface area contributed by atoms with Gasteiger partial charge < -0.3 is 24.1 Å². The molecule has 214 valence electrons. The summed E-state index contributed by atoms with van der Waals surface area (Å²) in [6.45, 7) is 12.5. The van der Waals surface area contributed by atoms with Crippen molar-refractivity contribution in [3.63, 3.8) is 0 Å². The van der Waals surface area contributed by atoms with Gasteiger partial charge in [-0.1, -0.05) is 41.5 Å². The molecule has 1 N–H and O–H groups in total. The number of phenols is 1. The quantitative estimate of drug-likeness (QED) is 0.337. The number of rotatable bonds is 6. The van der Waals surface area contributed by atoms with Crippen molar-refractivity contribution < 1.29 is 28.3 Å². The smallest absolute Gasteiger partial charge is 0.161 e. The maximum Gasteiger partial charge on any atom is 0.161 e. The Hall–Kier alpha value is -3.45. The number of hydrogen-bond donors (Lipinski definition) is 1. The van der Waals surface area contributed by atoms with E-state index in [1.165, 1.54) is 0 Å². The molecule has 3 aromatic carbocycles. The van der Waals surface area contributed by atoms with Crippen LogP contribution in [0.3, 0.4) is 0 Å². The third kappa shape index (κ3) is 5.31. The van der Waals surface area contributed by atoms with Crippen LogP contribution in [0.2, 0.25) is 0 Å². The first-order chi connectivity index (χ1) is 18.7. The molecular formula is C33H40O6S. The molecule has 3 aromatic rings. The number of hydrogen-bond acceptors (Lipinski definition) is 6. The molecule has 4 rings (SSSR count). The number of phenolic OH excluding ortho intramolecular Hbond substituents is 1. The third-order valence-electron chi connectivity index (χ3n) is 7.31. The summed E-state index contributed by atoms with van der Waals surface area (Å²) >= 11 is 0. The molecule has 2 unspecified atom stereocenters. The van der Waals surface area contributed by atoms with Crippen molar-refractivity contribution in [2.45, 2.75) is 57.6 Å². The molecule has 0 saturated carbocycles. The maximum absolute atomic E-state index is 14.6. The van der Waals surface area contributed by atoms with Crippen LogP contribution >= 0.6 is 0 Å². The predicted octanol–water partition coefficient (Wildman–Crippen LogP) is 7.37. The third-order valence-corrected chi connectivity index (χ3v) is 9.05. The summed E-state index contributed by atoms with van der Waals surface area (Å²) in [6, 6.07) is 13.4. The lowest BCUT2D eigenvalue weighted by Crippen LogP contribution is -2.21. The van der Waals surface area contributed by atoms with E-state index in [9.17, 15) is 9.32 Å². The van der Waals surface area contributed by atoms with E-state index in [0.717, 1.165) is 33.4 Å². The average Bonchev–Trinajstić information content (AvgIpc) is 2.90. The monoisotopic (exact) mass is 564 g/mol. The van der Waals surface area contributed by atoms with Crippen LogP contribution in [-0.2, 0) is 21.6 Å². The number of methoxy groups -OCH3 is 4. The van der Waals surface area contributed by atoms with Gasteiger partial charge in [0.25, 0.3) is 0 Å². The molecule has 0 bridgehead atoms. The fourth-order valence-electron chi connectivity index (χ4n) is 5.15. The van der Waals surface area contributed by atoms with Crippen molar-refractivity contribution in [2.24, 2.45) is 0 Å². The van der Waals surface area contributed by atoms with Gasteiger partial charge in [-0.15, -0.1) is 0 Å². The summed E-state index contributed by atoms with van der Waals surface area (Å²) in [5, 5.41) is 10.9. The lowest BCUT2D eigenvalue weighted by molar-refractivity contribution is 0.354. The van der Waals surface area contributed by atoms with E-state index in [2.05, 4.69) is 41.5 Å². The van der Waals surface area contributed by atoms with Crippen molar-refractivity contribution in [3.05, 3.63) is 75.8 Å². The molecule has 0 saturated heterocycles. The van der Waals surface area contributed by atoms with Crippen molar-refractivity contribution in [3.8, 4) is 28.7 Å². The van der Waals surface area contributed by atoms with Crippen LogP contribution in [0.25, 0.3) is 11.0 Å². The molecule has 0 spiro atoms. The summed E-state index contributed by atoms with van der Waals surface area (Å²) in [7, 11) is 4.87. The maximum atomic E-state index is 14.6. The minimum Gasteiger partial charge on any atom is -0.507 e. The summed E-state index contributed by atoms with van der Waals surface area (Å²) in [6.07, 6.45) is 1.95. The number of benzene rings is 3. The van der Waals surface area contributed by atoms with Crippen molar-refractivity contribution >= 4 is 21.8 Å². The number of fused-ring (bicyclic) bond motifs is 1. The summed E-state index contributed by atoms with van der Waals surface area (Å²) in [5.41, 5.74) is 4.35. The van der Waals surface area contributed by atoms with E-state index < -0.39 is 16.0 Å². The van der Waals surface area contributed by atoms with E-state index in [1.54, 1.807) is 28.4 Å². The number of ether oxygens (including phenoxy) is 4. The standard InChI is InChI=1S/C33H40O6S/c1-32(2,3)23-13-21(14-24(30(23)34)33(4,5)6)31-22-18-28(39-10)27(38-9)16-20(22)17-29(40(31)35)19-11-12-25(36-7)26(15-19)37-8/h11-18,31,34H,1-10H3. The zero-order valence-corrected chi connectivity index (χ0v) is 25.9. The molecule has 0 amide bonds. The Labute approximate surface area is 240 Å². The minimum absolute atomic E-state index is 0.286. The normalized spacial score (nSPS) is 17.1. The van der Waals surface area contributed by atoms with Crippen LogP contribution in [0.5, 0.6) is 28.7 Å². The Morgan fingerprint density at radius 1 is 0.700 bits per heavy atom. The second kappa shape index (κ2) is 10.8. The molecule has 1 aliphatic rings. The first-order valence-corrected chi connectivity index (χ1v) is 14.4. The van der Waals surface area contributed by atoms with Crippen LogP contribution in [0.15, 0.2) is 42.5 Å². The number of aromatic hydroxyl groups is 1. The predicted molar refractivity (Wildman–Crippen MR) is 162 cm³/mol. The van der Waals surface area contributed by atoms with E-state index in [-0.39, 0.29) is 16.6 Å². The van der Waals surface area contributed by atoms with Crippen molar-refractivity contribution in [1.29, 1.82) is 0 Å². The first-order valence-electron chi connectivity index (χ1n) is 13.2. The van der Waals surface area contributed by atoms with Crippen LogP contribution < -0.4 is 18.9 Å². The highest BCUT2D eigenvalue weighted by Gasteiger charge is 2.35. The van der Waals surface area contributed by atoms with Gasteiger partial charge in [-0.25, -0.2) is 0 Å². The van der Waals surface area contributed by atoms with Crippen molar-refractivity contribution in [1.82, 2.24) is 0 Å². The van der Waals surface area contributed by atoms with Crippen LogP contribution in [-0.4, -0.2) is 37.8 Å². The minimum atomic E-state index is -1.51. The van der Waals surface area contributed by atoms with Gasteiger partial charge in [0.15, 0.2) is 23.0 Å². The molecule has 6 nitrogen and oxygen atoms in total. The lowest BCUT2D eigenvalue weighted by atomic mass is 9.77. The van der Waals surface area contributed by atoms with Crippen LogP contribution in [0.4, 0.5) is 0 Å². The van der Waals surface area contributed by atoms with E-state index in [1.807, 2.05) is 48.5 Å². The van der Waals surface area contributed by atoms with Gasteiger partial charge in [0.2, 0.25) is 0 Å². The summed E-state index contributed by atoms with van der Waals surface area (Å²) < 4.78 is 36.9. The van der Waals surface area contributed by atoms with Crippen LogP contribution in [0, 0.1) is 0 Å². The zero-order valence-electron chi connectivity index (χ0n) is 25.1. The molecule has 1 heterocycles. The second-order valence-corrected chi connectivity index (χ2v) is 13.6. The molecule has 0 aliphatic carbocycles. The highest BCUT2D eigenvalue weighted by atomic mass is 32.2. The molecule has 0 aromatic heterocycles. The largest absolute Gasteiger partial charge is 0.507 e. The lowest BCUT2D eigenvalue weighted by Gasteiger charge is -2.32. The molecule has 2 atom stereocenters. The average molecular weight is 565 g/mol. The van der Waals surface area contributed by atoms with Crippen LogP contribution in [0.1, 0.15) is 80.2 Å². The summed E-state index contributed by atoms with van der Waals surface area (Å²) in [4.78, 5) is 0.661. The molecule has 0 radical (unpaired) electrons. The van der Waals surface area contributed by atoms with Gasteiger partial charge >= 0.3 is 0 Å². The van der Waals surface area contributed by atoms with E-state index in [4.69, 9.17) is 18.9 Å². The summed E-state index contributed by atoms with van der Waals surface area (Å²) in [5.74, 6) is 2.60. The van der Waals surface area contributed by atoms with E-state index >= 15 is 0 Å². The highest BCUT2D eigenvalue weighted by molar-refractivity contribution is 7.95. The van der Waals surface area contributed by atoms with Gasteiger partial charge in [0.1, 0.15) is 5.75 Å². The SMILES string of the molecule is COc1ccc(C2=Cc3cc(OC)c(OC)cc3C(c3cc(C(C)(C)C)c(O)c(C(C)(C)C)c3)S2=O)cc1OC. The van der Waals surface area contributed by atoms with Gasteiger partial charge in [0, 0.05) is 4.91 Å². The molecule has 7 heteroatoms. The van der Waals surface area contributed by atoms with E-state index in [0.29, 0.717) is 27.9 Å². The highest BCUT2D eigenvalue weighted by Crippen LogP contribution is 2.49. The molecular weight excluding hydrogens is 524 g/mol. The Kier molecular flexibility index (Phi) is 8.01. The molecule has 40 heavy (non-hydrogen) atoms. The topological polar surface area (TPSA) is 74.2 Å². The van der Waals surface area contributed by atoms with Crippen molar-refractivity contribution in [2.75, 3.05) is 28.4 Å². The van der Waals surface area contributed by atoms with Gasteiger partial charge in [0.05, 0.1) is 44.5 Å².